The third kappa shape index (κ3) is 3.68. The molecule has 4 bridgehead atoms. The van der Waals surface area contributed by atoms with Gasteiger partial charge in [0.05, 0.1) is 14.6 Å². The minimum Gasteiger partial charge on any atom is -0.422 e. The van der Waals surface area contributed by atoms with Crippen LogP contribution in [0.25, 0.3) is 5.76 Å². The monoisotopic (exact) mass is 533 g/mol. The van der Waals surface area contributed by atoms with E-state index in [-0.39, 0.29) is 37.4 Å². The molecule has 1 aliphatic heterocycles. The summed E-state index contributed by atoms with van der Waals surface area (Å²) in [6.07, 6.45) is 7.36. The summed E-state index contributed by atoms with van der Waals surface area (Å²) in [5.41, 5.74) is -0.847. The van der Waals surface area contributed by atoms with Gasteiger partial charge < -0.3 is 10.1 Å². The van der Waals surface area contributed by atoms with E-state index in [4.69, 9.17) is 16.3 Å². The number of hydrogen-bond donors (Lipinski definition) is 1. The second-order valence-corrected chi connectivity index (χ2v) is 13.8. The van der Waals surface area contributed by atoms with E-state index < -0.39 is 21.3 Å². The van der Waals surface area contributed by atoms with Crippen LogP contribution in [0.3, 0.4) is 0 Å². The van der Waals surface area contributed by atoms with Crippen LogP contribution in [0, 0.1) is 23.2 Å². The van der Waals surface area contributed by atoms with Crippen molar-refractivity contribution in [3.63, 3.8) is 0 Å². The summed E-state index contributed by atoms with van der Waals surface area (Å²) < 4.78 is 33.6. The molecule has 0 atom stereocenters. The molecule has 0 saturated heterocycles. The first kappa shape index (κ1) is 23.0. The Kier molecular flexibility index (Phi) is 5.28. The van der Waals surface area contributed by atoms with Gasteiger partial charge >= 0.3 is 5.97 Å². The SMILES string of the molecule is CN1C(C(=O)Nc2ccccn2)=C(OC(=O)C23CC4CC(CC(C4)C2)C3)c2sc(Cl)cc2S1(=O)=O. The number of ether oxygens (including phenoxy) is 1. The smallest absolute Gasteiger partial charge is 0.317 e. The maximum Gasteiger partial charge on any atom is 0.317 e. The van der Waals surface area contributed by atoms with Crippen LogP contribution < -0.4 is 5.32 Å². The molecule has 4 fully saturated rings. The van der Waals surface area contributed by atoms with Crippen LogP contribution in [0.5, 0.6) is 0 Å². The van der Waals surface area contributed by atoms with Crippen LogP contribution in [0.15, 0.2) is 41.1 Å². The molecular formula is C24H24ClN3O5S2. The van der Waals surface area contributed by atoms with Crippen LogP contribution in [0.2, 0.25) is 4.34 Å². The zero-order valence-corrected chi connectivity index (χ0v) is 21.4. The highest BCUT2D eigenvalue weighted by molar-refractivity contribution is 7.89. The average Bonchev–Trinajstić information content (AvgIpc) is 3.20. The molecule has 4 saturated carbocycles. The number of pyridine rings is 1. The molecule has 1 amide bonds. The van der Waals surface area contributed by atoms with Crippen molar-refractivity contribution < 1.29 is 22.7 Å². The standard InChI is InChI=1S/C24H24ClN3O5S2/c1-28-19(22(29)27-18-4-2-3-5-26-18)20(21-16(35(28,31)32)9-17(25)34-21)33-23(30)24-10-13-6-14(11-24)8-15(7-13)12-24/h2-5,9,13-15H,6-8,10-12H2,1H3,(H,26,27,29). The van der Waals surface area contributed by atoms with Crippen molar-refractivity contribution in [1.82, 2.24) is 9.29 Å². The fourth-order valence-corrected chi connectivity index (χ4v) is 9.71. The third-order valence-electron chi connectivity index (χ3n) is 7.83. The molecule has 5 aliphatic rings. The average molecular weight is 534 g/mol. The minimum absolute atomic E-state index is 0.0663. The second-order valence-electron chi connectivity index (χ2n) is 10.2. The maximum absolute atomic E-state index is 13.8. The molecule has 184 valence electrons. The van der Waals surface area contributed by atoms with Crippen LogP contribution >= 0.6 is 22.9 Å². The molecule has 2 aromatic heterocycles. The van der Waals surface area contributed by atoms with Gasteiger partial charge in [0.15, 0.2) is 11.5 Å². The van der Waals surface area contributed by atoms with Gasteiger partial charge in [-0.25, -0.2) is 13.4 Å². The number of anilines is 1. The number of likely N-dealkylation sites (N-methyl/N-ethyl adjacent to an activating group) is 1. The number of nitrogens with zero attached hydrogens (tertiary/aromatic N) is 2. The van der Waals surface area contributed by atoms with Crippen molar-refractivity contribution in [3.05, 3.63) is 45.4 Å². The van der Waals surface area contributed by atoms with Gasteiger partial charge in [0, 0.05) is 13.2 Å². The molecule has 2 aromatic rings. The lowest BCUT2D eigenvalue weighted by Gasteiger charge is -2.55. The highest BCUT2D eigenvalue weighted by atomic mass is 35.5. The van der Waals surface area contributed by atoms with E-state index in [2.05, 4.69) is 10.3 Å². The van der Waals surface area contributed by atoms with E-state index in [0.29, 0.717) is 17.8 Å². The van der Waals surface area contributed by atoms with Gasteiger partial charge in [-0.05, 0) is 74.5 Å². The van der Waals surface area contributed by atoms with Crippen molar-refractivity contribution in [1.29, 1.82) is 0 Å². The fourth-order valence-electron chi connectivity index (χ4n) is 6.73. The summed E-state index contributed by atoms with van der Waals surface area (Å²) >= 11 is 7.18. The molecule has 7 rings (SSSR count). The molecule has 0 unspecified atom stereocenters. The lowest BCUT2D eigenvalue weighted by molar-refractivity contribution is -0.164. The number of rotatable bonds is 4. The first-order valence-electron chi connectivity index (χ1n) is 11.6. The molecule has 11 heteroatoms. The summed E-state index contributed by atoms with van der Waals surface area (Å²) in [4.78, 5) is 31.3. The number of esters is 1. The Hall–Kier alpha value is -2.43. The predicted molar refractivity (Wildman–Crippen MR) is 131 cm³/mol. The van der Waals surface area contributed by atoms with E-state index in [0.717, 1.165) is 54.2 Å². The van der Waals surface area contributed by atoms with Crippen LogP contribution in [-0.4, -0.2) is 36.6 Å². The van der Waals surface area contributed by atoms with E-state index in [1.165, 1.54) is 19.3 Å². The Bertz CT molecular complexity index is 1330. The lowest BCUT2D eigenvalue weighted by atomic mass is 9.49. The summed E-state index contributed by atoms with van der Waals surface area (Å²) in [6.45, 7) is 0. The molecule has 8 nitrogen and oxygen atoms in total. The number of sulfonamides is 1. The van der Waals surface area contributed by atoms with Gasteiger partial charge in [-0.1, -0.05) is 17.7 Å². The predicted octanol–water partition coefficient (Wildman–Crippen LogP) is 4.50. The van der Waals surface area contributed by atoms with Gasteiger partial charge in [-0.2, -0.15) is 0 Å². The zero-order chi connectivity index (χ0) is 24.5. The number of hydrogen-bond acceptors (Lipinski definition) is 7. The molecule has 4 aliphatic carbocycles. The number of fused-ring (bicyclic) bond motifs is 1. The highest BCUT2D eigenvalue weighted by Gasteiger charge is 2.56. The number of carbonyl (C=O) groups is 2. The fraction of sp³-hybridized carbons (Fsp3) is 0.458. The number of carbonyl (C=O) groups excluding carboxylic acids is 2. The van der Waals surface area contributed by atoms with Gasteiger partial charge in [0.25, 0.3) is 15.9 Å². The Balaban J connectivity index is 1.43. The first-order valence-corrected chi connectivity index (χ1v) is 14.3. The van der Waals surface area contributed by atoms with Gasteiger partial charge in [-0.3, -0.25) is 13.9 Å². The molecule has 0 radical (unpaired) electrons. The molecule has 0 aromatic carbocycles. The topological polar surface area (TPSA) is 106 Å². The largest absolute Gasteiger partial charge is 0.422 e. The number of thiophene rings is 1. The van der Waals surface area contributed by atoms with Crippen molar-refractivity contribution >= 4 is 56.4 Å². The van der Waals surface area contributed by atoms with E-state index in [9.17, 15) is 18.0 Å². The molecule has 35 heavy (non-hydrogen) atoms. The number of aromatic nitrogens is 1. The van der Waals surface area contributed by atoms with Crippen molar-refractivity contribution in [2.24, 2.45) is 23.2 Å². The number of halogens is 1. The van der Waals surface area contributed by atoms with Crippen molar-refractivity contribution in [2.75, 3.05) is 12.4 Å². The summed E-state index contributed by atoms with van der Waals surface area (Å²) in [5.74, 6) is 0.639. The van der Waals surface area contributed by atoms with E-state index >= 15 is 0 Å². The third-order valence-corrected chi connectivity index (χ3v) is 11.0. The molecule has 0 spiro atoms. The van der Waals surface area contributed by atoms with Crippen LogP contribution in [0.4, 0.5) is 5.82 Å². The quantitative estimate of drug-likeness (QED) is 0.580. The Morgan fingerprint density at radius 3 is 2.43 bits per heavy atom. The first-order chi connectivity index (χ1) is 16.7. The van der Waals surface area contributed by atoms with Gasteiger partial charge in [-0.15, -0.1) is 11.3 Å². The normalized spacial score (nSPS) is 30.2. The zero-order valence-electron chi connectivity index (χ0n) is 19.0. The van der Waals surface area contributed by atoms with Gasteiger partial charge in [0.2, 0.25) is 0 Å². The molecule has 3 heterocycles. The number of amides is 1. The summed E-state index contributed by atoms with van der Waals surface area (Å²) in [6, 6.07) is 6.32. The van der Waals surface area contributed by atoms with Crippen molar-refractivity contribution in [3.8, 4) is 0 Å². The maximum atomic E-state index is 13.8. The Morgan fingerprint density at radius 2 is 1.83 bits per heavy atom. The minimum atomic E-state index is -4.07. The van der Waals surface area contributed by atoms with Crippen LogP contribution in [0.1, 0.15) is 43.4 Å². The highest BCUT2D eigenvalue weighted by Crippen LogP contribution is 2.61. The summed E-state index contributed by atoms with van der Waals surface area (Å²) in [5, 5.41) is 2.62. The Labute approximate surface area is 212 Å². The second kappa shape index (κ2) is 8.04. The van der Waals surface area contributed by atoms with E-state index in [1.807, 2.05) is 0 Å². The molecular weight excluding hydrogens is 510 g/mol. The van der Waals surface area contributed by atoms with E-state index in [1.54, 1.807) is 18.2 Å². The number of nitrogens with one attached hydrogen (secondary N) is 1. The van der Waals surface area contributed by atoms with Crippen molar-refractivity contribution in [2.45, 2.75) is 43.4 Å². The lowest BCUT2D eigenvalue weighted by Crippen LogP contribution is -2.50. The Morgan fingerprint density at radius 1 is 1.17 bits per heavy atom. The molecule has 1 N–H and O–H groups in total. The van der Waals surface area contributed by atoms with Gasteiger partial charge in [0.1, 0.15) is 10.7 Å². The van der Waals surface area contributed by atoms with Crippen LogP contribution in [-0.2, 0) is 24.3 Å². The summed E-state index contributed by atoms with van der Waals surface area (Å²) in [7, 11) is -2.80.